The van der Waals surface area contributed by atoms with E-state index >= 15 is 0 Å². The molecule has 1 heteroatoms. The summed E-state index contributed by atoms with van der Waals surface area (Å²) in [5.41, 5.74) is 22.9. The fraction of sp³-hybridized carbons (Fsp3) is 0.0588. The highest BCUT2D eigenvalue weighted by molar-refractivity contribution is 5.98. The van der Waals surface area contributed by atoms with Gasteiger partial charge in [-0.3, -0.25) is 0 Å². The number of hydrogen-bond donors (Lipinski definition) is 0. The zero-order valence-corrected chi connectivity index (χ0v) is 38.8. The zero-order chi connectivity index (χ0) is 46.1. The first-order valence-corrected chi connectivity index (χ1v) is 24.2. The van der Waals surface area contributed by atoms with Gasteiger partial charge in [-0.1, -0.05) is 232 Å². The highest BCUT2D eigenvalue weighted by Gasteiger charge is 2.47. The second-order valence-corrected chi connectivity index (χ2v) is 19.2. The fourth-order valence-corrected chi connectivity index (χ4v) is 11.8. The second kappa shape index (κ2) is 16.1. The molecule has 13 rings (SSSR count). The third-order valence-corrected chi connectivity index (χ3v) is 15.2. The molecule has 0 bridgehead atoms. The SMILES string of the molecule is CC1(C)c2cc(-c3ccc4ccccc4c3)ccc2-c2ccc(N(c3ccc(-c4ccc(-c5ccccc5)cc4)cc3)c3cccc4c3-c3ccccc3C4(c3ccccc3)c3ccccc3)cc21. The van der Waals surface area contributed by atoms with Crippen LogP contribution in [0.5, 0.6) is 0 Å². The quantitative estimate of drug-likeness (QED) is 0.147. The fourth-order valence-electron chi connectivity index (χ4n) is 11.8. The molecule has 0 aromatic heterocycles. The standard InChI is InChI=1S/C68H49N/c1-67(2)63-44-53(52-34-33-47-19-12-13-20-51(47)43-52)37-41-58(63)59-42-40-57(45-64(59)67)69(56-38-35-50(36-39-56)49-31-29-48(30-32-49)46-17-6-3-7-18-46)65-28-16-27-62-66(65)60-25-14-15-26-61(60)68(62,54-21-8-4-9-22-54)55-23-10-5-11-24-55/h3-45H,1-2H3. The maximum Gasteiger partial charge on any atom is 0.0714 e. The van der Waals surface area contributed by atoms with Crippen molar-refractivity contribution in [3.63, 3.8) is 0 Å². The van der Waals surface area contributed by atoms with E-state index in [2.05, 4.69) is 280 Å². The summed E-state index contributed by atoms with van der Waals surface area (Å²) in [5, 5.41) is 2.52. The Hall–Kier alpha value is -8.52. The molecule has 0 fully saturated rings. The lowest BCUT2D eigenvalue weighted by Gasteiger charge is -2.34. The largest absolute Gasteiger partial charge is 0.310 e. The van der Waals surface area contributed by atoms with Crippen LogP contribution >= 0.6 is 0 Å². The van der Waals surface area contributed by atoms with E-state index in [9.17, 15) is 0 Å². The van der Waals surface area contributed by atoms with Gasteiger partial charge in [0.25, 0.3) is 0 Å². The van der Waals surface area contributed by atoms with Gasteiger partial charge >= 0.3 is 0 Å². The van der Waals surface area contributed by atoms with Crippen LogP contribution in [0.3, 0.4) is 0 Å². The molecule has 2 aliphatic rings. The molecule has 0 amide bonds. The maximum absolute atomic E-state index is 2.52. The topological polar surface area (TPSA) is 3.24 Å². The van der Waals surface area contributed by atoms with E-state index in [0.29, 0.717) is 0 Å². The van der Waals surface area contributed by atoms with Crippen molar-refractivity contribution in [2.45, 2.75) is 24.7 Å². The van der Waals surface area contributed by atoms with Crippen molar-refractivity contribution in [2.75, 3.05) is 4.90 Å². The van der Waals surface area contributed by atoms with Crippen molar-refractivity contribution in [3.05, 3.63) is 294 Å². The van der Waals surface area contributed by atoms with Crippen LogP contribution in [0, 0.1) is 0 Å². The Bertz CT molecular complexity index is 3680. The summed E-state index contributed by atoms with van der Waals surface area (Å²) in [6.45, 7) is 4.80. The first-order chi connectivity index (χ1) is 34.0. The normalized spacial score (nSPS) is 13.6. The van der Waals surface area contributed by atoms with Gasteiger partial charge in [-0.05, 0) is 137 Å². The summed E-state index contributed by atoms with van der Waals surface area (Å²) in [6.07, 6.45) is 0. The molecule has 0 aliphatic heterocycles. The molecule has 0 saturated carbocycles. The first-order valence-electron chi connectivity index (χ1n) is 24.2. The van der Waals surface area contributed by atoms with Gasteiger partial charge in [-0.15, -0.1) is 0 Å². The summed E-state index contributed by atoms with van der Waals surface area (Å²) >= 11 is 0. The lowest BCUT2D eigenvalue weighted by atomic mass is 9.68. The predicted octanol–water partition coefficient (Wildman–Crippen LogP) is 18.0. The van der Waals surface area contributed by atoms with Crippen LogP contribution in [0.25, 0.3) is 66.4 Å². The highest BCUT2D eigenvalue weighted by Crippen LogP contribution is 2.60. The molecule has 0 unspecified atom stereocenters. The zero-order valence-electron chi connectivity index (χ0n) is 38.8. The van der Waals surface area contributed by atoms with E-state index in [1.165, 1.54) is 99.8 Å². The lowest BCUT2D eigenvalue weighted by molar-refractivity contribution is 0.660. The van der Waals surface area contributed by atoms with E-state index in [0.717, 1.165) is 17.1 Å². The van der Waals surface area contributed by atoms with E-state index in [1.807, 2.05) is 0 Å². The summed E-state index contributed by atoms with van der Waals surface area (Å²) < 4.78 is 0. The number of benzene rings is 11. The molecule has 0 N–H and O–H groups in total. The molecule has 2 aliphatic carbocycles. The van der Waals surface area contributed by atoms with Gasteiger partial charge < -0.3 is 4.90 Å². The molecule has 0 saturated heterocycles. The van der Waals surface area contributed by atoms with Gasteiger partial charge in [0.15, 0.2) is 0 Å². The van der Waals surface area contributed by atoms with Crippen LogP contribution < -0.4 is 4.90 Å². The summed E-state index contributed by atoms with van der Waals surface area (Å²) in [5.74, 6) is 0. The van der Waals surface area contributed by atoms with Crippen molar-refractivity contribution in [2.24, 2.45) is 0 Å². The van der Waals surface area contributed by atoms with Gasteiger partial charge in [0.2, 0.25) is 0 Å². The Morgan fingerprint density at radius 1 is 0.290 bits per heavy atom. The van der Waals surface area contributed by atoms with Crippen LogP contribution in [-0.2, 0) is 10.8 Å². The van der Waals surface area contributed by atoms with E-state index in [1.54, 1.807) is 0 Å². The highest BCUT2D eigenvalue weighted by atomic mass is 15.1. The van der Waals surface area contributed by atoms with Crippen LogP contribution in [0.2, 0.25) is 0 Å². The predicted molar refractivity (Wildman–Crippen MR) is 290 cm³/mol. The molecular weight excluding hydrogens is 831 g/mol. The van der Waals surface area contributed by atoms with E-state index < -0.39 is 5.41 Å². The average molecular weight is 880 g/mol. The minimum atomic E-state index is -0.518. The van der Waals surface area contributed by atoms with Gasteiger partial charge in [0.1, 0.15) is 0 Å². The van der Waals surface area contributed by atoms with Crippen molar-refractivity contribution in [3.8, 4) is 55.6 Å². The number of hydrogen-bond acceptors (Lipinski definition) is 1. The van der Waals surface area contributed by atoms with Crippen molar-refractivity contribution >= 4 is 27.8 Å². The lowest BCUT2D eigenvalue weighted by Crippen LogP contribution is -2.28. The Kier molecular flexibility index (Phi) is 9.49. The van der Waals surface area contributed by atoms with Crippen molar-refractivity contribution in [1.82, 2.24) is 0 Å². The van der Waals surface area contributed by atoms with Gasteiger partial charge in [0, 0.05) is 22.4 Å². The minimum Gasteiger partial charge on any atom is -0.310 e. The number of rotatable bonds is 8. The number of nitrogens with zero attached hydrogens (tertiary/aromatic N) is 1. The Morgan fingerprint density at radius 2 is 0.768 bits per heavy atom. The summed E-state index contributed by atoms with van der Waals surface area (Å²) in [4.78, 5) is 2.52. The minimum absolute atomic E-state index is 0.240. The molecule has 11 aromatic rings. The van der Waals surface area contributed by atoms with E-state index in [-0.39, 0.29) is 5.41 Å². The van der Waals surface area contributed by atoms with Gasteiger partial charge in [-0.25, -0.2) is 0 Å². The molecule has 0 heterocycles. The van der Waals surface area contributed by atoms with Crippen LogP contribution in [0.4, 0.5) is 17.1 Å². The first kappa shape index (κ1) is 40.7. The summed E-state index contributed by atoms with van der Waals surface area (Å²) in [6, 6.07) is 96.8. The molecule has 1 nitrogen and oxygen atoms in total. The Morgan fingerprint density at radius 3 is 1.45 bits per heavy atom. The monoisotopic (exact) mass is 879 g/mol. The third-order valence-electron chi connectivity index (χ3n) is 15.2. The second-order valence-electron chi connectivity index (χ2n) is 19.2. The summed E-state index contributed by atoms with van der Waals surface area (Å²) in [7, 11) is 0. The van der Waals surface area contributed by atoms with Gasteiger partial charge in [-0.2, -0.15) is 0 Å². The molecule has 326 valence electrons. The molecule has 69 heavy (non-hydrogen) atoms. The van der Waals surface area contributed by atoms with Gasteiger partial charge in [0.05, 0.1) is 11.1 Å². The Balaban J connectivity index is 0.981. The maximum atomic E-state index is 2.52. The molecule has 0 radical (unpaired) electrons. The van der Waals surface area contributed by atoms with E-state index in [4.69, 9.17) is 0 Å². The van der Waals surface area contributed by atoms with Crippen molar-refractivity contribution < 1.29 is 0 Å². The molecule has 0 atom stereocenters. The molecular formula is C68H49N. The van der Waals surface area contributed by atoms with Crippen LogP contribution in [0.15, 0.2) is 261 Å². The average Bonchev–Trinajstić information content (AvgIpc) is 3.85. The molecule has 11 aromatic carbocycles. The Labute approximate surface area is 405 Å². The van der Waals surface area contributed by atoms with Crippen molar-refractivity contribution in [1.29, 1.82) is 0 Å². The van der Waals surface area contributed by atoms with Crippen LogP contribution in [0.1, 0.15) is 47.2 Å². The molecule has 0 spiro atoms. The van der Waals surface area contributed by atoms with Crippen LogP contribution in [-0.4, -0.2) is 0 Å². The third kappa shape index (κ3) is 6.46. The number of anilines is 3. The number of fused-ring (bicyclic) bond motifs is 7. The smallest absolute Gasteiger partial charge is 0.0714 e.